The van der Waals surface area contributed by atoms with Crippen molar-refractivity contribution in [3.63, 3.8) is 0 Å². The third kappa shape index (κ3) is 1.44. The molecule has 0 heterocycles. The molecule has 1 rings (SSSR count). The van der Waals surface area contributed by atoms with Gasteiger partial charge in [0, 0.05) is 12.2 Å². The molecule has 0 saturated carbocycles. The van der Waals surface area contributed by atoms with Crippen LogP contribution in [0.4, 0.5) is 5.69 Å². The van der Waals surface area contributed by atoms with Gasteiger partial charge in [0.2, 0.25) is 0 Å². The molecule has 1 aromatic rings. The van der Waals surface area contributed by atoms with Gasteiger partial charge in [0.1, 0.15) is 0 Å². The van der Waals surface area contributed by atoms with Crippen LogP contribution in [-0.4, -0.2) is 0 Å². The normalized spacial score (nSPS) is 9.44. The van der Waals surface area contributed by atoms with Crippen molar-refractivity contribution in [2.75, 3.05) is 5.73 Å². The van der Waals surface area contributed by atoms with Gasteiger partial charge in [-0.25, -0.2) is 0 Å². The third-order valence-electron chi connectivity index (χ3n) is 1.16. The summed E-state index contributed by atoms with van der Waals surface area (Å²) in [6.07, 6.45) is 0. The lowest BCUT2D eigenvalue weighted by Crippen LogP contribution is -1.88. The van der Waals surface area contributed by atoms with E-state index in [-0.39, 0.29) is 0 Å². The Morgan fingerprint density at radius 1 is 1.44 bits per heavy atom. The zero-order valence-corrected chi connectivity index (χ0v) is 5.09. The van der Waals surface area contributed by atoms with Crippen molar-refractivity contribution in [1.29, 1.82) is 0 Å². The van der Waals surface area contributed by atoms with Gasteiger partial charge in [-0.3, -0.25) is 5.73 Å². The van der Waals surface area contributed by atoms with Crippen molar-refractivity contribution in [2.45, 2.75) is 6.54 Å². The van der Waals surface area contributed by atoms with Gasteiger partial charge in [-0.1, -0.05) is 12.1 Å². The zero-order valence-electron chi connectivity index (χ0n) is 5.09. The second kappa shape index (κ2) is 2.51. The highest BCUT2D eigenvalue weighted by molar-refractivity contribution is 5.40. The standard InChI is InChI=1S/C7H9N2/c8-5-6-2-1-3-7(9)4-6/h1-4,8H,5,9H2. The molecule has 0 aromatic heterocycles. The average molecular weight is 121 g/mol. The van der Waals surface area contributed by atoms with Crippen LogP contribution >= 0.6 is 0 Å². The van der Waals surface area contributed by atoms with Crippen LogP contribution in [0.1, 0.15) is 5.56 Å². The van der Waals surface area contributed by atoms with Gasteiger partial charge in [-0.15, -0.1) is 0 Å². The Morgan fingerprint density at radius 3 is 2.67 bits per heavy atom. The van der Waals surface area contributed by atoms with Crippen LogP contribution in [0, 0.1) is 0 Å². The van der Waals surface area contributed by atoms with Crippen LogP contribution in [0.3, 0.4) is 0 Å². The number of anilines is 1. The SMILES string of the molecule is [NH]Cc1cccc(N)c1. The summed E-state index contributed by atoms with van der Waals surface area (Å²) in [5.41, 5.74) is 14.1. The lowest BCUT2D eigenvalue weighted by atomic mass is 10.2. The molecule has 0 aliphatic rings. The molecule has 0 saturated heterocycles. The van der Waals surface area contributed by atoms with Crippen LogP contribution in [-0.2, 0) is 6.54 Å². The van der Waals surface area contributed by atoms with Crippen molar-refractivity contribution < 1.29 is 0 Å². The van der Waals surface area contributed by atoms with Gasteiger partial charge in [0.25, 0.3) is 0 Å². The van der Waals surface area contributed by atoms with Gasteiger partial charge < -0.3 is 5.73 Å². The van der Waals surface area contributed by atoms with E-state index < -0.39 is 0 Å². The van der Waals surface area contributed by atoms with Crippen LogP contribution in [0.5, 0.6) is 0 Å². The average Bonchev–Trinajstić information content (AvgIpc) is 1.88. The number of hydrogen-bond donors (Lipinski definition) is 1. The maximum atomic E-state index is 6.98. The molecule has 0 spiro atoms. The van der Waals surface area contributed by atoms with E-state index in [1.165, 1.54) is 0 Å². The van der Waals surface area contributed by atoms with E-state index in [1.807, 2.05) is 24.3 Å². The zero-order chi connectivity index (χ0) is 6.69. The largest absolute Gasteiger partial charge is 0.399 e. The van der Waals surface area contributed by atoms with Gasteiger partial charge in [-0.2, -0.15) is 0 Å². The Kier molecular flexibility index (Phi) is 1.70. The molecular formula is C7H9N2. The maximum Gasteiger partial charge on any atom is 0.0351 e. The van der Waals surface area contributed by atoms with Crippen molar-refractivity contribution in [2.24, 2.45) is 0 Å². The van der Waals surface area contributed by atoms with Crippen LogP contribution in [0.15, 0.2) is 24.3 Å². The predicted octanol–water partition coefficient (Wildman–Crippen LogP) is 1.05. The van der Waals surface area contributed by atoms with Gasteiger partial charge in [0.05, 0.1) is 0 Å². The van der Waals surface area contributed by atoms with Crippen LogP contribution in [0.2, 0.25) is 0 Å². The topological polar surface area (TPSA) is 49.8 Å². The molecule has 47 valence electrons. The molecule has 0 aliphatic carbocycles. The minimum atomic E-state index is 0.311. The molecule has 3 N–H and O–H groups in total. The molecule has 0 aliphatic heterocycles. The predicted molar refractivity (Wildman–Crippen MR) is 37.7 cm³/mol. The number of rotatable bonds is 1. The highest BCUT2D eigenvalue weighted by Crippen LogP contribution is 2.04. The summed E-state index contributed by atoms with van der Waals surface area (Å²) in [7, 11) is 0. The van der Waals surface area contributed by atoms with Crippen molar-refractivity contribution >= 4 is 5.69 Å². The fourth-order valence-corrected chi connectivity index (χ4v) is 0.703. The second-order valence-corrected chi connectivity index (χ2v) is 1.92. The molecule has 0 atom stereocenters. The fraction of sp³-hybridized carbons (Fsp3) is 0.143. The first-order valence-electron chi connectivity index (χ1n) is 2.82. The van der Waals surface area contributed by atoms with Crippen LogP contribution in [0.25, 0.3) is 0 Å². The molecule has 0 fully saturated rings. The van der Waals surface area contributed by atoms with E-state index in [9.17, 15) is 0 Å². The van der Waals surface area contributed by atoms with E-state index >= 15 is 0 Å². The molecule has 2 nitrogen and oxygen atoms in total. The molecular weight excluding hydrogens is 112 g/mol. The lowest BCUT2D eigenvalue weighted by molar-refractivity contribution is 1.03. The Hall–Kier alpha value is -1.02. The van der Waals surface area contributed by atoms with E-state index in [2.05, 4.69) is 0 Å². The molecule has 0 unspecified atom stereocenters. The summed E-state index contributed by atoms with van der Waals surface area (Å²) in [5, 5.41) is 0. The second-order valence-electron chi connectivity index (χ2n) is 1.92. The first-order valence-corrected chi connectivity index (χ1v) is 2.82. The summed E-state index contributed by atoms with van der Waals surface area (Å²) in [6, 6.07) is 7.38. The summed E-state index contributed by atoms with van der Waals surface area (Å²) in [5.74, 6) is 0. The van der Waals surface area contributed by atoms with Crippen LogP contribution < -0.4 is 11.5 Å². The van der Waals surface area contributed by atoms with E-state index in [1.54, 1.807) is 0 Å². The summed E-state index contributed by atoms with van der Waals surface area (Å²) >= 11 is 0. The first-order chi connectivity index (χ1) is 4.33. The van der Waals surface area contributed by atoms with Crippen molar-refractivity contribution in [1.82, 2.24) is 5.73 Å². The van der Waals surface area contributed by atoms with E-state index in [4.69, 9.17) is 11.5 Å². The van der Waals surface area contributed by atoms with Crippen molar-refractivity contribution in [3.05, 3.63) is 29.8 Å². The quantitative estimate of drug-likeness (QED) is 0.555. The van der Waals surface area contributed by atoms with Gasteiger partial charge in [-0.05, 0) is 17.7 Å². The fourth-order valence-electron chi connectivity index (χ4n) is 0.703. The van der Waals surface area contributed by atoms with Crippen molar-refractivity contribution in [3.8, 4) is 0 Å². The minimum Gasteiger partial charge on any atom is -0.399 e. The first kappa shape index (κ1) is 6.11. The molecule has 9 heavy (non-hydrogen) atoms. The van der Waals surface area contributed by atoms with E-state index in [0.717, 1.165) is 11.3 Å². The summed E-state index contributed by atoms with van der Waals surface area (Å²) in [6.45, 7) is 0.311. The number of benzene rings is 1. The third-order valence-corrected chi connectivity index (χ3v) is 1.16. The highest BCUT2D eigenvalue weighted by atomic mass is 14.6. The lowest BCUT2D eigenvalue weighted by Gasteiger charge is -1.94. The molecule has 1 radical (unpaired) electrons. The Labute approximate surface area is 54.5 Å². The minimum absolute atomic E-state index is 0.311. The Bertz CT molecular complexity index is 196. The Morgan fingerprint density at radius 2 is 2.22 bits per heavy atom. The van der Waals surface area contributed by atoms with E-state index in [0.29, 0.717) is 6.54 Å². The molecule has 0 amide bonds. The number of nitrogens with two attached hydrogens (primary N) is 1. The Balaban J connectivity index is 2.94. The summed E-state index contributed by atoms with van der Waals surface area (Å²) in [4.78, 5) is 0. The molecule has 1 aromatic carbocycles. The molecule has 2 heteroatoms. The smallest absolute Gasteiger partial charge is 0.0351 e. The monoisotopic (exact) mass is 121 g/mol. The molecule has 0 bridgehead atoms. The number of nitrogen functional groups attached to an aromatic ring is 1. The maximum absolute atomic E-state index is 6.98. The summed E-state index contributed by atoms with van der Waals surface area (Å²) < 4.78 is 0. The highest BCUT2D eigenvalue weighted by Gasteiger charge is 1.86. The number of nitrogens with one attached hydrogen (secondary N) is 1. The van der Waals surface area contributed by atoms with Gasteiger partial charge >= 0.3 is 0 Å². The van der Waals surface area contributed by atoms with Gasteiger partial charge in [0.15, 0.2) is 0 Å². The number of hydrogen-bond acceptors (Lipinski definition) is 1.